The van der Waals surface area contributed by atoms with Gasteiger partial charge >= 0.3 is 5.97 Å². The second kappa shape index (κ2) is 13.5. The van der Waals surface area contributed by atoms with Crippen LogP contribution in [0.15, 0.2) is 109 Å². The largest absolute Gasteiger partial charge is 0.508 e. The SMILES string of the molecule is Cc1cc(NC(=O)c2cccc(-c3ccc(O)cc3)c2)ccc1OCc1cccc(NS(=O)(=O)Cc2ccccc2C(=O)O)c1F. The molecule has 0 aliphatic rings. The van der Waals surface area contributed by atoms with Gasteiger partial charge in [-0.3, -0.25) is 9.52 Å². The van der Waals surface area contributed by atoms with Crippen molar-refractivity contribution in [3.63, 3.8) is 0 Å². The van der Waals surface area contributed by atoms with E-state index in [1.165, 1.54) is 42.5 Å². The third kappa shape index (κ3) is 7.69. The summed E-state index contributed by atoms with van der Waals surface area (Å²) in [5.74, 6) is -2.47. The number of hydrogen-bond acceptors (Lipinski definition) is 6. The number of phenolic OH excluding ortho intramolecular Hbond substituents is 1. The number of aryl methyl sites for hydroxylation is 1. The molecule has 0 aromatic heterocycles. The summed E-state index contributed by atoms with van der Waals surface area (Å²) in [6.45, 7) is 1.56. The van der Waals surface area contributed by atoms with Crippen molar-refractivity contribution in [2.45, 2.75) is 19.3 Å². The summed E-state index contributed by atoms with van der Waals surface area (Å²) >= 11 is 0. The van der Waals surface area contributed by atoms with Crippen molar-refractivity contribution in [1.82, 2.24) is 0 Å². The van der Waals surface area contributed by atoms with Crippen LogP contribution >= 0.6 is 0 Å². The normalized spacial score (nSPS) is 11.1. The predicted octanol–water partition coefficient (Wildman–Crippen LogP) is 6.98. The van der Waals surface area contributed by atoms with E-state index in [1.54, 1.807) is 67.6 Å². The van der Waals surface area contributed by atoms with Gasteiger partial charge < -0.3 is 20.3 Å². The number of aromatic hydroxyl groups is 1. The topological polar surface area (TPSA) is 142 Å². The molecule has 0 atom stereocenters. The Labute approximate surface area is 265 Å². The molecule has 0 aliphatic heterocycles. The molecule has 9 nitrogen and oxygen atoms in total. The lowest BCUT2D eigenvalue weighted by Gasteiger charge is -2.14. The minimum absolute atomic E-state index is 0.0695. The van der Waals surface area contributed by atoms with Gasteiger partial charge in [-0.15, -0.1) is 0 Å². The molecule has 5 aromatic carbocycles. The van der Waals surface area contributed by atoms with Gasteiger partial charge in [-0.1, -0.05) is 54.6 Å². The van der Waals surface area contributed by atoms with Crippen LogP contribution in [0.1, 0.15) is 37.4 Å². The maximum Gasteiger partial charge on any atom is 0.335 e. The van der Waals surface area contributed by atoms with Crippen LogP contribution < -0.4 is 14.8 Å². The quantitative estimate of drug-likeness (QED) is 0.122. The van der Waals surface area contributed by atoms with Crippen LogP contribution in [0.4, 0.5) is 15.8 Å². The fourth-order valence-electron chi connectivity index (χ4n) is 4.77. The molecule has 11 heteroatoms. The Bertz CT molecular complexity index is 2030. The number of halogens is 1. The first-order valence-corrected chi connectivity index (χ1v) is 15.7. The highest BCUT2D eigenvalue weighted by Gasteiger charge is 2.20. The summed E-state index contributed by atoms with van der Waals surface area (Å²) < 4.78 is 48.9. The minimum Gasteiger partial charge on any atom is -0.508 e. The van der Waals surface area contributed by atoms with Crippen molar-refractivity contribution in [2.24, 2.45) is 0 Å². The summed E-state index contributed by atoms with van der Waals surface area (Å²) in [7, 11) is -4.15. The number of ether oxygens (including phenoxy) is 1. The molecule has 0 fully saturated rings. The molecule has 234 valence electrons. The molecule has 0 unspecified atom stereocenters. The Hall–Kier alpha value is -5.68. The summed E-state index contributed by atoms with van der Waals surface area (Å²) in [5, 5.41) is 21.7. The maximum atomic E-state index is 15.3. The molecule has 5 rings (SSSR count). The summed E-state index contributed by atoms with van der Waals surface area (Å²) in [6, 6.07) is 28.7. The van der Waals surface area contributed by atoms with Crippen LogP contribution in [0.5, 0.6) is 11.5 Å². The van der Waals surface area contributed by atoms with Crippen LogP contribution in [0.2, 0.25) is 0 Å². The molecule has 0 saturated carbocycles. The summed E-state index contributed by atoms with van der Waals surface area (Å²) in [5.41, 5.74) is 3.03. The third-order valence-electron chi connectivity index (χ3n) is 7.08. The third-order valence-corrected chi connectivity index (χ3v) is 8.30. The first-order chi connectivity index (χ1) is 22.0. The van der Waals surface area contributed by atoms with E-state index in [2.05, 4.69) is 10.0 Å². The molecule has 0 aliphatic carbocycles. The molecule has 0 spiro atoms. The van der Waals surface area contributed by atoms with E-state index in [1.807, 2.05) is 6.07 Å². The van der Waals surface area contributed by atoms with E-state index in [0.717, 1.165) is 11.1 Å². The maximum absolute atomic E-state index is 15.3. The van der Waals surface area contributed by atoms with Crippen LogP contribution in [-0.4, -0.2) is 30.5 Å². The van der Waals surface area contributed by atoms with Crippen LogP contribution in [0.3, 0.4) is 0 Å². The molecular weight excluding hydrogens is 611 g/mol. The van der Waals surface area contributed by atoms with Crippen molar-refractivity contribution >= 4 is 33.3 Å². The van der Waals surface area contributed by atoms with Gasteiger partial charge in [-0.25, -0.2) is 17.6 Å². The lowest BCUT2D eigenvalue weighted by molar-refractivity contribution is 0.0695. The number of anilines is 2. The van der Waals surface area contributed by atoms with E-state index in [4.69, 9.17) is 4.74 Å². The number of carbonyl (C=O) groups is 2. The van der Waals surface area contributed by atoms with Crippen molar-refractivity contribution in [3.8, 4) is 22.6 Å². The van der Waals surface area contributed by atoms with Crippen LogP contribution in [-0.2, 0) is 22.4 Å². The zero-order valence-electron chi connectivity index (χ0n) is 24.5. The second-order valence-corrected chi connectivity index (χ2v) is 12.2. The first-order valence-electron chi connectivity index (χ1n) is 14.0. The Morgan fingerprint density at radius 3 is 2.28 bits per heavy atom. The van der Waals surface area contributed by atoms with E-state index < -0.39 is 27.6 Å². The highest BCUT2D eigenvalue weighted by molar-refractivity contribution is 7.91. The number of carboxylic acid groups (broad SMARTS) is 1. The predicted molar refractivity (Wildman–Crippen MR) is 173 cm³/mol. The number of hydrogen-bond donors (Lipinski definition) is 4. The van der Waals surface area contributed by atoms with E-state index in [-0.39, 0.29) is 40.6 Å². The first kappa shape index (κ1) is 31.7. The Balaban J connectivity index is 1.23. The van der Waals surface area contributed by atoms with E-state index in [9.17, 15) is 28.2 Å². The molecule has 5 aromatic rings. The number of nitrogens with one attached hydrogen (secondary N) is 2. The Morgan fingerprint density at radius 1 is 0.826 bits per heavy atom. The lowest BCUT2D eigenvalue weighted by atomic mass is 10.0. The van der Waals surface area contributed by atoms with E-state index >= 15 is 4.39 Å². The molecule has 1 amide bonds. The van der Waals surface area contributed by atoms with Gasteiger partial charge in [0.2, 0.25) is 10.0 Å². The van der Waals surface area contributed by atoms with Crippen LogP contribution in [0.25, 0.3) is 11.1 Å². The van der Waals surface area contributed by atoms with Crippen molar-refractivity contribution in [3.05, 3.63) is 143 Å². The highest BCUT2D eigenvalue weighted by atomic mass is 32.2. The fraction of sp³-hybridized carbons (Fsp3) is 0.0857. The molecule has 0 radical (unpaired) electrons. The van der Waals surface area contributed by atoms with Crippen molar-refractivity contribution < 1.29 is 37.3 Å². The number of phenols is 1. The van der Waals surface area contributed by atoms with Gasteiger partial charge in [0.05, 0.1) is 17.0 Å². The van der Waals surface area contributed by atoms with Gasteiger partial charge in [0, 0.05) is 16.8 Å². The smallest absolute Gasteiger partial charge is 0.335 e. The van der Waals surface area contributed by atoms with Crippen LogP contribution in [0, 0.1) is 12.7 Å². The molecular formula is C35H29FN2O7S. The van der Waals surface area contributed by atoms with E-state index in [0.29, 0.717) is 22.6 Å². The molecule has 46 heavy (non-hydrogen) atoms. The Kier molecular flexibility index (Phi) is 9.34. The highest BCUT2D eigenvalue weighted by Crippen LogP contribution is 2.27. The lowest BCUT2D eigenvalue weighted by Crippen LogP contribution is -2.18. The molecule has 4 N–H and O–H groups in total. The standard InChI is InChI=1S/C35H29FN2O7S/c1-22-18-28(37-34(40)25-8-4-7-24(19-25)23-12-15-29(39)16-13-23)14-17-32(22)45-20-26-9-5-11-31(33(26)36)38-46(43,44)21-27-6-2-3-10-30(27)35(41)42/h2-19,38-39H,20-21H2,1H3,(H,37,40)(H,41,42). The number of benzene rings is 5. The number of sulfonamides is 1. The number of aromatic carboxylic acids is 1. The van der Waals surface area contributed by atoms with Crippen molar-refractivity contribution in [2.75, 3.05) is 10.0 Å². The zero-order chi connectivity index (χ0) is 32.8. The summed E-state index contributed by atoms with van der Waals surface area (Å²) in [6.07, 6.45) is 0. The average molecular weight is 641 g/mol. The Morgan fingerprint density at radius 2 is 1.54 bits per heavy atom. The van der Waals surface area contributed by atoms with Gasteiger partial charge in [-0.2, -0.15) is 0 Å². The number of amides is 1. The van der Waals surface area contributed by atoms with Gasteiger partial charge in [-0.05, 0) is 83.8 Å². The fourth-order valence-corrected chi connectivity index (χ4v) is 6.00. The van der Waals surface area contributed by atoms with Crippen molar-refractivity contribution in [1.29, 1.82) is 0 Å². The second-order valence-electron chi connectivity index (χ2n) is 10.5. The number of carbonyl (C=O) groups excluding carboxylic acids is 1. The molecule has 0 saturated heterocycles. The average Bonchev–Trinajstić information content (AvgIpc) is 3.02. The molecule has 0 bridgehead atoms. The van der Waals surface area contributed by atoms with Gasteiger partial charge in [0.15, 0.2) is 5.82 Å². The number of rotatable bonds is 11. The monoisotopic (exact) mass is 640 g/mol. The van der Waals surface area contributed by atoms with Gasteiger partial charge in [0.1, 0.15) is 18.1 Å². The minimum atomic E-state index is -4.15. The zero-order valence-corrected chi connectivity index (χ0v) is 25.3. The summed E-state index contributed by atoms with van der Waals surface area (Å²) in [4.78, 5) is 24.4. The number of carboxylic acids is 1. The van der Waals surface area contributed by atoms with Gasteiger partial charge in [0.25, 0.3) is 5.91 Å². The molecule has 0 heterocycles.